The number of aromatic nitrogens is 1. The van der Waals surface area contributed by atoms with Gasteiger partial charge in [-0.3, -0.25) is 0 Å². The highest BCUT2D eigenvalue weighted by molar-refractivity contribution is 7.89. The second kappa shape index (κ2) is 6.94. The van der Waals surface area contributed by atoms with Gasteiger partial charge in [0.25, 0.3) is 0 Å². The molecule has 3 heterocycles. The molecule has 26 heavy (non-hydrogen) atoms. The molecule has 0 amide bonds. The lowest BCUT2D eigenvalue weighted by molar-refractivity contribution is 0.104. The molecule has 0 bridgehead atoms. The maximum absolute atomic E-state index is 13.1. The van der Waals surface area contributed by atoms with Crippen LogP contribution in [-0.2, 0) is 14.8 Å². The van der Waals surface area contributed by atoms with Crippen molar-refractivity contribution in [2.24, 2.45) is 11.8 Å². The minimum atomic E-state index is -3.63. The Morgan fingerprint density at radius 3 is 2.73 bits per heavy atom. The zero-order chi connectivity index (χ0) is 18.1. The number of nitrogens with one attached hydrogen (secondary N) is 1. The van der Waals surface area contributed by atoms with E-state index in [0.717, 1.165) is 5.82 Å². The molecule has 8 heteroatoms. The highest BCUT2D eigenvalue weighted by atomic mass is 32.2. The summed E-state index contributed by atoms with van der Waals surface area (Å²) in [5.74, 6) is 0.702. The summed E-state index contributed by atoms with van der Waals surface area (Å²) in [6, 6.07) is 10.6. The molecule has 0 aliphatic carbocycles. The molecular formula is C18H20FN3O3S. The van der Waals surface area contributed by atoms with Crippen molar-refractivity contribution >= 4 is 15.8 Å². The van der Waals surface area contributed by atoms with Crippen LogP contribution in [0.2, 0.25) is 0 Å². The van der Waals surface area contributed by atoms with Gasteiger partial charge in [-0.05, 0) is 36.4 Å². The molecule has 0 radical (unpaired) electrons. The third-order valence-corrected chi connectivity index (χ3v) is 6.91. The van der Waals surface area contributed by atoms with Gasteiger partial charge in [-0.25, -0.2) is 17.8 Å². The number of pyridine rings is 1. The standard InChI is InChI=1S/C18H20FN3O3S/c19-14-4-6-15(7-5-14)26(23,24)22-10-16-13(12-25-17(16)11-22)9-21-18-3-1-2-8-20-18/h1-8,13,16-17H,9-12H2,(H,20,21)/t13-,16+,17+/m1/s1. The molecule has 0 unspecified atom stereocenters. The Morgan fingerprint density at radius 1 is 1.19 bits per heavy atom. The highest BCUT2D eigenvalue weighted by Crippen LogP contribution is 2.36. The summed E-state index contributed by atoms with van der Waals surface area (Å²) in [4.78, 5) is 4.35. The molecule has 0 spiro atoms. The Kier molecular flexibility index (Phi) is 4.64. The Labute approximate surface area is 152 Å². The summed E-state index contributed by atoms with van der Waals surface area (Å²) in [7, 11) is -3.63. The number of halogens is 1. The van der Waals surface area contributed by atoms with Gasteiger partial charge < -0.3 is 10.1 Å². The molecule has 6 nitrogen and oxygen atoms in total. The summed E-state index contributed by atoms with van der Waals surface area (Å²) < 4.78 is 45.9. The summed E-state index contributed by atoms with van der Waals surface area (Å²) in [5.41, 5.74) is 0. The van der Waals surface area contributed by atoms with E-state index in [4.69, 9.17) is 4.74 Å². The van der Waals surface area contributed by atoms with Gasteiger partial charge in [0, 0.05) is 37.7 Å². The van der Waals surface area contributed by atoms with Crippen LogP contribution in [0.4, 0.5) is 10.2 Å². The van der Waals surface area contributed by atoms with Crippen molar-refractivity contribution in [1.29, 1.82) is 0 Å². The number of nitrogens with zero attached hydrogens (tertiary/aromatic N) is 2. The second-order valence-electron chi connectivity index (χ2n) is 6.67. The summed E-state index contributed by atoms with van der Waals surface area (Å²) in [5, 5.41) is 3.29. The quantitative estimate of drug-likeness (QED) is 0.863. The SMILES string of the molecule is O=S(=O)(c1ccc(F)cc1)N1C[C@H]2[C@H](CNc3ccccn3)CO[C@H]2C1. The first-order valence-corrected chi connectivity index (χ1v) is 10.0. The van der Waals surface area contributed by atoms with Gasteiger partial charge in [0.05, 0.1) is 17.6 Å². The van der Waals surface area contributed by atoms with Gasteiger partial charge in [-0.2, -0.15) is 4.31 Å². The van der Waals surface area contributed by atoms with E-state index in [1.165, 1.54) is 28.6 Å². The normalized spacial score (nSPS) is 26.0. The van der Waals surface area contributed by atoms with Crippen molar-refractivity contribution < 1.29 is 17.5 Å². The van der Waals surface area contributed by atoms with E-state index in [9.17, 15) is 12.8 Å². The van der Waals surface area contributed by atoms with Crippen molar-refractivity contribution in [3.8, 4) is 0 Å². The van der Waals surface area contributed by atoms with Crippen LogP contribution < -0.4 is 5.32 Å². The zero-order valence-corrected chi connectivity index (χ0v) is 14.9. The van der Waals surface area contributed by atoms with Gasteiger partial charge in [-0.1, -0.05) is 6.07 Å². The van der Waals surface area contributed by atoms with E-state index in [-0.39, 0.29) is 22.8 Å². The molecular weight excluding hydrogens is 357 g/mol. The van der Waals surface area contributed by atoms with Crippen LogP contribution >= 0.6 is 0 Å². The van der Waals surface area contributed by atoms with E-state index in [0.29, 0.717) is 26.2 Å². The Balaban J connectivity index is 1.43. The topological polar surface area (TPSA) is 71.5 Å². The fourth-order valence-corrected chi connectivity index (χ4v) is 5.12. The largest absolute Gasteiger partial charge is 0.376 e. The predicted octanol–water partition coefficient (Wildman–Crippen LogP) is 1.97. The molecule has 138 valence electrons. The van der Waals surface area contributed by atoms with Crippen LogP contribution in [0, 0.1) is 17.7 Å². The van der Waals surface area contributed by atoms with E-state index < -0.39 is 15.8 Å². The van der Waals surface area contributed by atoms with Crippen LogP contribution in [0.1, 0.15) is 0 Å². The lowest BCUT2D eigenvalue weighted by Crippen LogP contribution is -2.32. The number of fused-ring (bicyclic) bond motifs is 1. The minimum absolute atomic E-state index is 0.0965. The summed E-state index contributed by atoms with van der Waals surface area (Å²) in [6.45, 7) is 2.05. The maximum Gasteiger partial charge on any atom is 0.243 e. The van der Waals surface area contributed by atoms with E-state index in [1.807, 2.05) is 18.2 Å². The van der Waals surface area contributed by atoms with Crippen LogP contribution in [0.5, 0.6) is 0 Å². The molecule has 2 aliphatic rings. The molecule has 0 saturated carbocycles. The number of benzene rings is 1. The summed E-state index contributed by atoms with van der Waals surface area (Å²) in [6.07, 6.45) is 1.63. The Bertz CT molecular complexity index is 861. The Morgan fingerprint density at radius 2 is 2.00 bits per heavy atom. The van der Waals surface area contributed by atoms with E-state index >= 15 is 0 Å². The number of hydrogen-bond donors (Lipinski definition) is 1. The second-order valence-corrected chi connectivity index (χ2v) is 8.61. The van der Waals surface area contributed by atoms with Crippen LogP contribution in [0.15, 0.2) is 53.6 Å². The lowest BCUT2D eigenvalue weighted by atomic mass is 9.93. The van der Waals surface area contributed by atoms with Crippen LogP contribution in [0.3, 0.4) is 0 Å². The molecule has 3 atom stereocenters. The van der Waals surface area contributed by atoms with Gasteiger partial charge in [0.1, 0.15) is 11.6 Å². The third-order valence-electron chi connectivity index (χ3n) is 5.07. The van der Waals surface area contributed by atoms with Crippen molar-refractivity contribution in [2.75, 3.05) is 31.6 Å². The molecule has 1 aromatic heterocycles. The lowest BCUT2D eigenvalue weighted by Gasteiger charge is -2.20. The average molecular weight is 377 g/mol. The van der Waals surface area contributed by atoms with Crippen LogP contribution in [0.25, 0.3) is 0 Å². The van der Waals surface area contributed by atoms with Crippen molar-refractivity contribution in [2.45, 2.75) is 11.0 Å². The van der Waals surface area contributed by atoms with Crippen LogP contribution in [-0.4, -0.2) is 50.1 Å². The number of ether oxygens (including phenoxy) is 1. The van der Waals surface area contributed by atoms with Crippen molar-refractivity contribution in [3.63, 3.8) is 0 Å². The number of hydrogen-bond acceptors (Lipinski definition) is 5. The highest BCUT2D eigenvalue weighted by Gasteiger charge is 2.47. The fraction of sp³-hybridized carbons (Fsp3) is 0.389. The molecule has 2 fully saturated rings. The first kappa shape index (κ1) is 17.4. The first-order chi connectivity index (χ1) is 12.5. The number of anilines is 1. The average Bonchev–Trinajstić information content (AvgIpc) is 3.23. The van der Waals surface area contributed by atoms with Gasteiger partial charge in [-0.15, -0.1) is 0 Å². The first-order valence-electron chi connectivity index (χ1n) is 8.56. The molecule has 2 aliphatic heterocycles. The fourth-order valence-electron chi connectivity index (χ4n) is 3.63. The number of rotatable bonds is 5. The molecule has 2 aromatic rings. The Hall–Kier alpha value is -2.03. The summed E-state index contributed by atoms with van der Waals surface area (Å²) >= 11 is 0. The molecule has 1 aromatic carbocycles. The van der Waals surface area contributed by atoms with Crippen molar-refractivity contribution in [1.82, 2.24) is 9.29 Å². The van der Waals surface area contributed by atoms with E-state index in [2.05, 4.69) is 10.3 Å². The van der Waals surface area contributed by atoms with Gasteiger partial charge in [0.15, 0.2) is 0 Å². The number of sulfonamides is 1. The van der Waals surface area contributed by atoms with Crippen molar-refractivity contribution in [3.05, 3.63) is 54.5 Å². The monoisotopic (exact) mass is 377 g/mol. The zero-order valence-electron chi connectivity index (χ0n) is 14.1. The molecule has 1 N–H and O–H groups in total. The molecule has 4 rings (SSSR count). The third kappa shape index (κ3) is 3.32. The van der Waals surface area contributed by atoms with Gasteiger partial charge >= 0.3 is 0 Å². The molecule has 2 saturated heterocycles. The smallest absolute Gasteiger partial charge is 0.243 e. The minimum Gasteiger partial charge on any atom is -0.376 e. The van der Waals surface area contributed by atoms with E-state index in [1.54, 1.807) is 6.20 Å². The predicted molar refractivity (Wildman–Crippen MR) is 94.6 cm³/mol. The van der Waals surface area contributed by atoms with Gasteiger partial charge in [0.2, 0.25) is 10.0 Å². The maximum atomic E-state index is 13.1.